The van der Waals surface area contributed by atoms with Crippen molar-refractivity contribution in [3.8, 4) is 11.5 Å². The predicted octanol–water partition coefficient (Wildman–Crippen LogP) is 4.50. The maximum absolute atomic E-state index is 13.7. The molecular weight excluding hydrogens is 514 g/mol. The van der Waals surface area contributed by atoms with Gasteiger partial charge in [0.05, 0.1) is 35.0 Å². The molecule has 4 aromatic rings. The highest BCUT2D eigenvalue weighted by atomic mass is 32.2. The zero-order chi connectivity index (χ0) is 26.7. The van der Waals surface area contributed by atoms with E-state index in [4.69, 9.17) is 9.47 Å². The number of nitrogens with one attached hydrogen (secondary N) is 1. The van der Waals surface area contributed by atoms with Gasteiger partial charge in [0.15, 0.2) is 0 Å². The average Bonchev–Trinajstić information content (AvgIpc) is 3.22. The molecule has 9 nitrogen and oxygen atoms in total. The van der Waals surface area contributed by atoms with Gasteiger partial charge in [-0.25, -0.2) is 8.42 Å². The normalized spacial score (nSPS) is 11.5. The molecule has 0 saturated carbocycles. The van der Waals surface area contributed by atoms with E-state index < -0.39 is 22.5 Å². The van der Waals surface area contributed by atoms with E-state index in [9.17, 15) is 18.0 Å². The molecule has 1 heterocycles. The van der Waals surface area contributed by atoms with Crippen molar-refractivity contribution in [1.29, 1.82) is 0 Å². The summed E-state index contributed by atoms with van der Waals surface area (Å²) in [5.41, 5.74) is 1.45. The van der Waals surface area contributed by atoms with Crippen LogP contribution in [-0.4, -0.2) is 39.7 Å². The molecule has 0 saturated heterocycles. The second-order valence-corrected chi connectivity index (χ2v) is 11.3. The van der Waals surface area contributed by atoms with E-state index in [2.05, 4.69) is 5.32 Å². The summed E-state index contributed by atoms with van der Waals surface area (Å²) < 4.78 is 41.3. The number of ether oxygens (including phenoxy) is 2. The number of fused-ring (bicyclic) bond motifs is 1. The molecule has 11 heteroatoms. The topological polar surface area (TPSA) is 107 Å². The number of rotatable bonds is 9. The van der Waals surface area contributed by atoms with Gasteiger partial charge in [0.25, 0.3) is 10.0 Å². The average molecular weight is 542 g/mol. The van der Waals surface area contributed by atoms with Gasteiger partial charge < -0.3 is 14.8 Å². The number of para-hydroxylation sites is 2. The first-order chi connectivity index (χ1) is 17.6. The van der Waals surface area contributed by atoms with Crippen LogP contribution in [0.2, 0.25) is 0 Å². The second kappa shape index (κ2) is 10.7. The lowest BCUT2D eigenvalue weighted by molar-refractivity contribution is -0.114. The Kier molecular flexibility index (Phi) is 7.55. The molecule has 1 N–H and O–H groups in total. The fraction of sp³-hybridized carbons (Fsp3) is 0.231. The first-order valence-corrected chi connectivity index (χ1v) is 13.7. The number of thiazole rings is 1. The van der Waals surface area contributed by atoms with E-state index in [0.29, 0.717) is 17.2 Å². The van der Waals surface area contributed by atoms with Gasteiger partial charge in [0.1, 0.15) is 18.0 Å². The molecule has 4 rings (SSSR count). The smallest absolute Gasteiger partial charge is 0.308 e. The lowest BCUT2D eigenvalue weighted by Crippen LogP contribution is -2.38. The number of hydrogen-bond acceptors (Lipinski definition) is 7. The van der Waals surface area contributed by atoms with Crippen molar-refractivity contribution in [2.75, 3.05) is 30.4 Å². The summed E-state index contributed by atoms with van der Waals surface area (Å²) >= 11 is 1.09. The molecule has 37 heavy (non-hydrogen) atoms. The summed E-state index contributed by atoms with van der Waals surface area (Å²) in [4.78, 5) is 25.4. The van der Waals surface area contributed by atoms with Crippen molar-refractivity contribution in [2.24, 2.45) is 0 Å². The van der Waals surface area contributed by atoms with E-state index in [1.807, 2.05) is 13.8 Å². The number of nitrogens with zero attached hydrogens (tertiary/aromatic N) is 2. The summed E-state index contributed by atoms with van der Waals surface area (Å²) in [7, 11) is -1.23. The summed E-state index contributed by atoms with van der Waals surface area (Å²) in [6.45, 7) is 3.36. The largest absolute Gasteiger partial charge is 0.497 e. The Bertz CT molecular complexity index is 1590. The minimum Gasteiger partial charge on any atom is -0.497 e. The zero-order valence-corrected chi connectivity index (χ0v) is 22.4. The SMILES string of the molecule is COc1ccc(S(=O)(=O)N(CC(=O)Nc2ccc3c(c2)sc(=O)n3C(C)C)c2ccccc2OC)cc1. The van der Waals surface area contributed by atoms with Gasteiger partial charge in [-0.1, -0.05) is 23.5 Å². The van der Waals surface area contributed by atoms with Crippen molar-refractivity contribution in [1.82, 2.24) is 4.57 Å². The van der Waals surface area contributed by atoms with Crippen molar-refractivity contribution in [3.05, 3.63) is 76.4 Å². The van der Waals surface area contributed by atoms with Gasteiger partial charge in [0.2, 0.25) is 5.91 Å². The minimum absolute atomic E-state index is 0.000682. The van der Waals surface area contributed by atoms with Gasteiger partial charge in [0, 0.05) is 11.7 Å². The number of sulfonamides is 1. The van der Waals surface area contributed by atoms with Crippen LogP contribution in [0.5, 0.6) is 11.5 Å². The molecule has 0 atom stereocenters. The molecule has 194 valence electrons. The van der Waals surface area contributed by atoms with Gasteiger partial charge in [-0.15, -0.1) is 0 Å². The zero-order valence-electron chi connectivity index (χ0n) is 20.8. The van der Waals surface area contributed by atoms with Crippen LogP contribution in [0.25, 0.3) is 10.2 Å². The number of benzene rings is 3. The van der Waals surface area contributed by atoms with Gasteiger partial charge in [-0.05, 0) is 68.4 Å². The van der Waals surface area contributed by atoms with Crippen LogP contribution in [0.15, 0.2) is 76.4 Å². The van der Waals surface area contributed by atoms with Gasteiger partial charge >= 0.3 is 4.87 Å². The maximum atomic E-state index is 13.7. The van der Waals surface area contributed by atoms with Crippen molar-refractivity contribution in [2.45, 2.75) is 24.8 Å². The first-order valence-electron chi connectivity index (χ1n) is 11.4. The van der Waals surface area contributed by atoms with E-state index in [1.54, 1.807) is 47.0 Å². The highest BCUT2D eigenvalue weighted by Gasteiger charge is 2.29. The first kappa shape index (κ1) is 26.2. The second-order valence-electron chi connectivity index (χ2n) is 8.42. The Morgan fingerprint density at radius 3 is 2.38 bits per heavy atom. The summed E-state index contributed by atoms with van der Waals surface area (Å²) in [5.74, 6) is 0.246. The summed E-state index contributed by atoms with van der Waals surface area (Å²) in [6, 6.07) is 17.7. The Morgan fingerprint density at radius 2 is 1.73 bits per heavy atom. The summed E-state index contributed by atoms with van der Waals surface area (Å²) in [5, 5.41) is 2.76. The molecule has 0 aliphatic heterocycles. The van der Waals surface area contributed by atoms with Crippen molar-refractivity contribution < 1.29 is 22.7 Å². The number of anilines is 2. The fourth-order valence-electron chi connectivity index (χ4n) is 3.94. The third-order valence-corrected chi connectivity index (χ3v) is 8.39. The molecule has 3 aromatic carbocycles. The van der Waals surface area contributed by atoms with E-state index in [1.165, 1.54) is 38.5 Å². The summed E-state index contributed by atoms with van der Waals surface area (Å²) in [6.07, 6.45) is 0. The lowest BCUT2D eigenvalue weighted by Gasteiger charge is -2.25. The molecule has 1 aromatic heterocycles. The van der Waals surface area contributed by atoms with Crippen LogP contribution in [0.1, 0.15) is 19.9 Å². The minimum atomic E-state index is -4.15. The standard InChI is InChI=1S/C26H27N3O6S2/c1-17(2)29-22-14-9-18(15-24(22)36-26(29)31)27-25(30)16-28(21-7-5-6-8-23(21)35-4)37(32,33)20-12-10-19(34-3)11-13-20/h5-15,17H,16H2,1-4H3,(H,27,30). The van der Waals surface area contributed by atoms with Crippen LogP contribution in [0.3, 0.4) is 0 Å². The maximum Gasteiger partial charge on any atom is 0.308 e. The van der Waals surface area contributed by atoms with E-state index >= 15 is 0 Å². The molecule has 0 unspecified atom stereocenters. The molecule has 0 radical (unpaired) electrons. The highest BCUT2D eigenvalue weighted by Crippen LogP contribution is 2.33. The third kappa shape index (κ3) is 5.32. The molecule has 0 fully saturated rings. The van der Waals surface area contributed by atoms with E-state index in [-0.39, 0.29) is 21.5 Å². The van der Waals surface area contributed by atoms with Crippen LogP contribution in [0.4, 0.5) is 11.4 Å². The lowest BCUT2D eigenvalue weighted by atomic mass is 10.2. The van der Waals surface area contributed by atoms with Gasteiger partial charge in [-0.3, -0.25) is 18.5 Å². The molecule has 0 bridgehead atoms. The van der Waals surface area contributed by atoms with Crippen LogP contribution >= 0.6 is 11.3 Å². The Morgan fingerprint density at radius 1 is 1.03 bits per heavy atom. The van der Waals surface area contributed by atoms with Crippen LogP contribution < -0.4 is 24.0 Å². The van der Waals surface area contributed by atoms with Crippen molar-refractivity contribution in [3.63, 3.8) is 0 Å². The Hall–Kier alpha value is -3.83. The van der Waals surface area contributed by atoms with Gasteiger partial charge in [-0.2, -0.15) is 0 Å². The molecule has 0 aliphatic rings. The number of amides is 1. The monoisotopic (exact) mass is 541 g/mol. The molecular formula is C26H27N3O6S2. The fourth-order valence-corrected chi connectivity index (χ4v) is 6.43. The quantitative estimate of drug-likeness (QED) is 0.335. The molecule has 1 amide bonds. The van der Waals surface area contributed by atoms with Crippen LogP contribution in [-0.2, 0) is 14.8 Å². The highest BCUT2D eigenvalue weighted by molar-refractivity contribution is 7.92. The number of carbonyl (C=O) groups excluding carboxylic acids is 1. The Labute approximate surface area is 218 Å². The number of methoxy groups -OCH3 is 2. The number of aromatic nitrogens is 1. The van der Waals surface area contributed by atoms with Crippen LogP contribution in [0, 0.1) is 0 Å². The number of carbonyl (C=O) groups is 1. The third-order valence-electron chi connectivity index (χ3n) is 5.70. The molecule has 0 aliphatic carbocycles. The molecule has 0 spiro atoms. The predicted molar refractivity (Wildman–Crippen MR) is 146 cm³/mol. The van der Waals surface area contributed by atoms with Crippen molar-refractivity contribution >= 4 is 48.9 Å². The number of hydrogen-bond donors (Lipinski definition) is 1. The van der Waals surface area contributed by atoms with E-state index in [0.717, 1.165) is 25.9 Å². The Balaban J connectivity index is 1.67.